The number of ether oxygens (including phenoxy) is 1. The third-order valence-electron chi connectivity index (χ3n) is 2.93. The van der Waals surface area contributed by atoms with Gasteiger partial charge in [0.15, 0.2) is 0 Å². The highest BCUT2D eigenvalue weighted by molar-refractivity contribution is 5.44. The van der Waals surface area contributed by atoms with Crippen LogP contribution < -0.4 is 16.2 Å². The number of nitrogens with zero attached hydrogens (tertiary/aromatic N) is 2. The van der Waals surface area contributed by atoms with Crippen LogP contribution in [0.15, 0.2) is 36.8 Å². The number of hydrogen-bond acceptors (Lipinski definition) is 5. The molecule has 4 N–H and O–H groups in total. The van der Waals surface area contributed by atoms with Gasteiger partial charge in [0, 0.05) is 36.4 Å². The predicted molar refractivity (Wildman–Crippen MR) is 74.8 cm³/mol. The molecule has 2 heterocycles. The summed E-state index contributed by atoms with van der Waals surface area (Å²) in [6.07, 6.45) is 6.67. The van der Waals surface area contributed by atoms with Crippen molar-refractivity contribution < 1.29 is 4.74 Å². The largest absolute Gasteiger partial charge is 0.481 e. The van der Waals surface area contributed by atoms with Gasteiger partial charge in [-0.05, 0) is 30.0 Å². The molecule has 2 aromatic rings. The van der Waals surface area contributed by atoms with Crippen LogP contribution in [-0.2, 0) is 12.8 Å². The normalized spacial score (nSPS) is 12.1. The van der Waals surface area contributed by atoms with Crippen molar-refractivity contribution in [2.75, 3.05) is 12.8 Å². The van der Waals surface area contributed by atoms with Crippen molar-refractivity contribution in [2.45, 2.75) is 18.9 Å². The van der Waals surface area contributed by atoms with Crippen molar-refractivity contribution in [3.63, 3.8) is 0 Å². The monoisotopic (exact) mass is 258 g/mol. The first-order chi connectivity index (χ1) is 9.19. The Morgan fingerprint density at radius 1 is 1.21 bits per heavy atom. The summed E-state index contributed by atoms with van der Waals surface area (Å²) in [6.45, 7) is 0. The molecule has 0 fully saturated rings. The number of rotatable bonds is 5. The lowest BCUT2D eigenvalue weighted by atomic mass is 10.0. The summed E-state index contributed by atoms with van der Waals surface area (Å²) in [4.78, 5) is 8.22. The van der Waals surface area contributed by atoms with E-state index >= 15 is 0 Å². The van der Waals surface area contributed by atoms with Gasteiger partial charge in [-0.2, -0.15) is 0 Å². The molecule has 100 valence electrons. The van der Waals surface area contributed by atoms with Crippen molar-refractivity contribution in [1.29, 1.82) is 0 Å². The van der Waals surface area contributed by atoms with Crippen molar-refractivity contribution in [1.82, 2.24) is 9.97 Å². The van der Waals surface area contributed by atoms with Crippen LogP contribution >= 0.6 is 0 Å². The van der Waals surface area contributed by atoms with Crippen molar-refractivity contribution in [3.8, 4) is 5.88 Å². The van der Waals surface area contributed by atoms with Gasteiger partial charge in [0.1, 0.15) is 0 Å². The summed E-state index contributed by atoms with van der Waals surface area (Å²) in [5, 5.41) is 0. The van der Waals surface area contributed by atoms with E-state index in [1.807, 2.05) is 12.1 Å². The molecule has 2 rings (SSSR count). The molecule has 5 nitrogen and oxygen atoms in total. The average Bonchev–Trinajstić information content (AvgIpc) is 2.42. The van der Waals surface area contributed by atoms with Gasteiger partial charge in [0.2, 0.25) is 5.88 Å². The molecule has 0 bridgehead atoms. The zero-order valence-corrected chi connectivity index (χ0v) is 10.9. The van der Waals surface area contributed by atoms with Gasteiger partial charge < -0.3 is 16.2 Å². The molecule has 0 radical (unpaired) electrons. The van der Waals surface area contributed by atoms with E-state index in [9.17, 15) is 0 Å². The highest BCUT2D eigenvalue weighted by Crippen LogP contribution is 2.13. The molecule has 19 heavy (non-hydrogen) atoms. The van der Waals surface area contributed by atoms with Crippen LogP contribution in [0.25, 0.3) is 0 Å². The molecule has 0 amide bonds. The van der Waals surface area contributed by atoms with Gasteiger partial charge in [-0.1, -0.05) is 6.07 Å². The van der Waals surface area contributed by atoms with Crippen LogP contribution in [-0.4, -0.2) is 23.1 Å². The maximum absolute atomic E-state index is 6.13. The zero-order valence-electron chi connectivity index (χ0n) is 10.9. The quantitative estimate of drug-likeness (QED) is 0.841. The Labute approximate surface area is 112 Å². The van der Waals surface area contributed by atoms with E-state index in [2.05, 4.69) is 9.97 Å². The minimum Gasteiger partial charge on any atom is -0.481 e. The van der Waals surface area contributed by atoms with Crippen LogP contribution in [0.4, 0.5) is 5.69 Å². The Morgan fingerprint density at radius 3 is 2.68 bits per heavy atom. The average molecular weight is 258 g/mol. The molecule has 0 saturated carbocycles. The van der Waals surface area contributed by atoms with E-state index in [-0.39, 0.29) is 6.04 Å². The highest BCUT2D eigenvalue weighted by Gasteiger charge is 2.08. The molecule has 0 aromatic carbocycles. The topological polar surface area (TPSA) is 87.0 Å². The lowest BCUT2D eigenvalue weighted by Crippen LogP contribution is -2.26. The van der Waals surface area contributed by atoms with Gasteiger partial charge in [0.05, 0.1) is 7.11 Å². The lowest BCUT2D eigenvalue weighted by molar-refractivity contribution is 0.397. The fourth-order valence-corrected chi connectivity index (χ4v) is 1.92. The maximum atomic E-state index is 6.13. The first-order valence-corrected chi connectivity index (χ1v) is 6.12. The van der Waals surface area contributed by atoms with Gasteiger partial charge in [-0.15, -0.1) is 0 Å². The Bertz CT molecular complexity index is 527. The Balaban J connectivity index is 1.97. The minimum atomic E-state index is -0.0123. The summed E-state index contributed by atoms with van der Waals surface area (Å²) in [5.41, 5.74) is 14.8. The SMILES string of the molecule is COc1ccc(CC(N)Cc2cnccc2N)cn1. The molecule has 2 aromatic heterocycles. The van der Waals surface area contributed by atoms with Crippen LogP contribution in [0.3, 0.4) is 0 Å². The molecule has 1 atom stereocenters. The van der Waals surface area contributed by atoms with Crippen LogP contribution in [0.2, 0.25) is 0 Å². The molecule has 0 aliphatic heterocycles. The van der Waals surface area contributed by atoms with E-state index in [1.54, 1.807) is 31.8 Å². The van der Waals surface area contributed by atoms with E-state index in [1.165, 1.54) is 0 Å². The number of anilines is 1. The van der Waals surface area contributed by atoms with Crippen molar-refractivity contribution in [3.05, 3.63) is 47.9 Å². The lowest BCUT2D eigenvalue weighted by Gasteiger charge is -2.13. The standard InChI is InChI=1S/C14H18N4O/c1-19-14-3-2-10(8-18-14)6-12(15)7-11-9-17-5-4-13(11)16/h2-5,8-9,12H,6-7,15H2,1H3,(H2,16,17). The Morgan fingerprint density at radius 2 is 2.05 bits per heavy atom. The van der Waals surface area contributed by atoms with Gasteiger partial charge in [-0.25, -0.2) is 4.98 Å². The van der Waals surface area contributed by atoms with Crippen molar-refractivity contribution in [2.24, 2.45) is 5.73 Å². The molecule has 0 aliphatic carbocycles. The number of nitrogen functional groups attached to an aromatic ring is 1. The maximum Gasteiger partial charge on any atom is 0.212 e. The summed E-state index contributed by atoms with van der Waals surface area (Å²) in [5.74, 6) is 0.605. The molecule has 1 unspecified atom stereocenters. The number of methoxy groups -OCH3 is 1. The van der Waals surface area contributed by atoms with Gasteiger partial charge >= 0.3 is 0 Å². The van der Waals surface area contributed by atoms with Gasteiger partial charge in [-0.3, -0.25) is 4.98 Å². The Hall–Kier alpha value is -2.14. The highest BCUT2D eigenvalue weighted by atomic mass is 16.5. The first kappa shape index (κ1) is 13.3. The zero-order chi connectivity index (χ0) is 13.7. The van der Waals surface area contributed by atoms with Crippen molar-refractivity contribution >= 4 is 5.69 Å². The fraction of sp³-hybridized carbons (Fsp3) is 0.286. The van der Waals surface area contributed by atoms with Crippen LogP contribution in [0, 0.1) is 0 Å². The second-order valence-corrected chi connectivity index (χ2v) is 4.45. The summed E-state index contributed by atoms with van der Waals surface area (Å²) in [6, 6.07) is 5.58. The number of hydrogen-bond donors (Lipinski definition) is 2. The van der Waals surface area contributed by atoms with E-state index in [4.69, 9.17) is 16.2 Å². The number of pyridine rings is 2. The molecule has 5 heteroatoms. The molecule has 0 saturated heterocycles. The van der Waals surface area contributed by atoms with E-state index in [0.29, 0.717) is 12.3 Å². The Kier molecular flexibility index (Phi) is 4.30. The summed E-state index contributed by atoms with van der Waals surface area (Å²) >= 11 is 0. The van der Waals surface area contributed by atoms with Gasteiger partial charge in [0.25, 0.3) is 0 Å². The van der Waals surface area contributed by atoms with Crippen LogP contribution in [0.1, 0.15) is 11.1 Å². The van der Waals surface area contributed by atoms with Crippen LogP contribution in [0.5, 0.6) is 5.88 Å². The molecular weight excluding hydrogens is 240 g/mol. The predicted octanol–water partition coefficient (Wildman–Crippen LogP) is 1.18. The fourth-order valence-electron chi connectivity index (χ4n) is 1.92. The first-order valence-electron chi connectivity index (χ1n) is 6.12. The van der Waals surface area contributed by atoms with E-state index < -0.39 is 0 Å². The molecule has 0 aliphatic rings. The third-order valence-corrected chi connectivity index (χ3v) is 2.93. The second-order valence-electron chi connectivity index (χ2n) is 4.45. The minimum absolute atomic E-state index is 0.0123. The second kappa shape index (κ2) is 6.15. The number of nitrogens with two attached hydrogens (primary N) is 2. The summed E-state index contributed by atoms with van der Waals surface area (Å²) in [7, 11) is 1.60. The smallest absolute Gasteiger partial charge is 0.212 e. The summed E-state index contributed by atoms with van der Waals surface area (Å²) < 4.78 is 5.02. The molecule has 0 spiro atoms. The number of aromatic nitrogens is 2. The third kappa shape index (κ3) is 3.66. The van der Waals surface area contributed by atoms with E-state index in [0.717, 1.165) is 23.2 Å². The molecular formula is C14H18N4O.